The fraction of sp³-hybridized carbons (Fsp3) is 0.324. The van der Waals surface area contributed by atoms with Gasteiger partial charge in [-0.1, -0.05) is 66.7 Å². The van der Waals surface area contributed by atoms with Crippen molar-refractivity contribution >= 4 is 11.9 Å². The summed E-state index contributed by atoms with van der Waals surface area (Å²) in [5, 5.41) is 21.2. The minimum Gasteiger partial charge on any atom is -0.481 e. The van der Waals surface area contributed by atoms with E-state index in [1.165, 1.54) is 0 Å². The average molecular weight is 624 g/mol. The molecule has 1 aliphatic heterocycles. The van der Waals surface area contributed by atoms with E-state index < -0.39 is 12.3 Å². The van der Waals surface area contributed by atoms with Crippen molar-refractivity contribution in [1.29, 1.82) is 0 Å². The average Bonchev–Trinajstić information content (AvgIpc) is 3.09. The number of ether oxygens (including phenoxy) is 2. The first-order valence-corrected chi connectivity index (χ1v) is 15.6. The smallest absolute Gasteiger partial charge is 0.303 e. The maximum absolute atomic E-state index is 12.0. The largest absolute Gasteiger partial charge is 0.481 e. The van der Waals surface area contributed by atoms with Crippen molar-refractivity contribution in [2.75, 3.05) is 20.1 Å². The molecule has 0 spiro atoms. The number of carboxylic acid groups (broad SMARTS) is 1. The molecule has 9 nitrogen and oxygen atoms in total. The zero-order valence-corrected chi connectivity index (χ0v) is 26.0. The third-order valence-electron chi connectivity index (χ3n) is 8.08. The van der Waals surface area contributed by atoms with Crippen molar-refractivity contribution < 1.29 is 29.3 Å². The number of hydrogen-bond donors (Lipinski definition) is 3. The molecule has 2 heterocycles. The van der Waals surface area contributed by atoms with Gasteiger partial charge in [-0.3, -0.25) is 14.6 Å². The molecule has 1 fully saturated rings. The number of hydrogen-bond acceptors (Lipinski definition) is 7. The Hall–Kier alpha value is -4.41. The monoisotopic (exact) mass is 623 g/mol. The lowest BCUT2D eigenvalue weighted by atomic mass is 9.98. The van der Waals surface area contributed by atoms with E-state index in [0.717, 1.165) is 58.6 Å². The second-order valence-electron chi connectivity index (χ2n) is 11.7. The molecule has 1 amide bonds. The molecule has 240 valence electrons. The zero-order chi connectivity index (χ0) is 32.3. The lowest BCUT2D eigenvalue weighted by molar-refractivity contribution is -0.252. The van der Waals surface area contributed by atoms with Crippen molar-refractivity contribution in [2.24, 2.45) is 0 Å². The van der Waals surface area contributed by atoms with Gasteiger partial charge in [0, 0.05) is 56.4 Å². The summed E-state index contributed by atoms with van der Waals surface area (Å²) >= 11 is 0. The first kappa shape index (κ1) is 33.0. The van der Waals surface area contributed by atoms with E-state index in [1.54, 1.807) is 0 Å². The topological polar surface area (TPSA) is 121 Å². The summed E-state index contributed by atoms with van der Waals surface area (Å²) in [6, 6.07) is 29.9. The quantitative estimate of drug-likeness (QED) is 0.170. The fourth-order valence-electron chi connectivity index (χ4n) is 5.56. The molecule has 0 bridgehead atoms. The van der Waals surface area contributed by atoms with Gasteiger partial charge in [0.15, 0.2) is 6.29 Å². The first-order valence-electron chi connectivity index (χ1n) is 15.6. The van der Waals surface area contributed by atoms with Gasteiger partial charge in [0.05, 0.1) is 25.2 Å². The number of amides is 1. The zero-order valence-electron chi connectivity index (χ0n) is 26.0. The highest BCUT2D eigenvalue weighted by atomic mass is 16.7. The van der Waals surface area contributed by atoms with Crippen LogP contribution in [0.3, 0.4) is 0 Å². The van der Waals surface area contributed by atoms with E-state index in [-0.39, 0.29) is 37.6 Å². The SMILES string of the molecule is CN(CCc1ccccn1)C[C@H]1C[C@@H](c2ccc(CO)cc2)O[C@@H](c2cccc(-c3cccc(CNC(=O)CCC(=O)O)c3)c2)O1. The van der Waals surface area contributed by atoms with E-state index in [2.05, 4.69) is 28.3 Å². The maximum atomic E-state index is 12.0. The van der Waals surface area contributed by atoms with Crippen LogP contribution in [0.5, 0.6) is 0 Å². The predicted molar refractivity (Wildman–Crippen MR) is 174 cm³/mol. The summed E-state index contributed by atoms with van der Waals surface area (Å²) in [5.41, 5.74) is 6.75. The Bertz CT molecular complexity index is 1580. The molecule has 9 heteroatoms. The highest BCUT2D eigenvalue weighted by Crippen LogP contribution is 2.39. The van der Waals surface area contributed by atoms with Gasteiger partial charge in [0.2, 0.25) is 5.91 Å². The standard InChI is InChI=1S/C37H41N3O6/c1-40(19-17-32-10-2-3-18-38-32)24-33-22-34(28-13-11-26(25-41)12-14-28)46-37(45-33)31-9-5-8-30(21-31)29-7-4-6-27(20-29)23-39-35(42)15-16-36(43)44/h2-14,18,20-21,33-34,37,41H,15-17,19,22-25H2,1H3,(H,39,42)(H,43,44)/t33-,34+,37+/m1/s1. The number of nitrogens with zero attached hydrogens (tertiary/aromatic N) is 2. The Morgan fingerprint density at radius 2 is 1.67 bits per heavy atom. The van der Waals surface area contributed by atoms with Crippen LogP contribution in [0.4, 0.5) is 0 Å². The minimum atomic E-state index is -0.993. The molecule has 4 aromatic rings. The number of benzene rings is 3. The first-order chi connectivity index (χ1) is 22.4. The van der Waals surface area contributed by atoms with Crippen molar-refractivity contribution in [2.45, 2.75) is 57.3 Å². The van der Waals surface area contributed by atoms with Crippen LogP contribution in [0, 0.1) is 0 Å². The number of carboxylic acids is 1. The van der Waals surface area contributed by atoms with Crippen LogP contribution >= 0.6 is 0 Å². The van der Waals surface area contributed by atoms with E-state index in [9.17, 15) is 14.7 Å². The summed E-state index contributed by atoms with van der Waals surface area (Å²) in [5.74, 6) is -1.29. The van der Waals surface area contributed by atoms with Gasteiger partial charge >= 0.3 is 5.97 Å². The molecule has 3 N–H and O–H groups in total. The number of rotatable bonds is 14. The van der Waals surface area contributed by atoms with Crippen molar-refractivity contribution in [3.8, 4) is 11.1 Å². The van der Waals surface area contributed by atoms with E-state index in [4.69, 9.17) is 14.6 Å². The van der Waals surface area contributed by atoms with Crippen LogP contribution in [0.1, 0.15) is 59.6 Å². The number of carbonyl (C=O) groups is 2. The molecule has 0 radical (unpaired) electrons. The third kappa shape index (κ3) is 9.55. The molecular formula is C37H41N3O6. The van der Waals surface area contributed by atoms with Gasteiger partial charge < -0.3 is 29.9 Å². The maximum Gasteiger partial charge on any atom is 0.303 e. The molecule has 5 rings (SSSR count). The number of aliphatic hydroxyl groups excluding tert-OH is 1. The van der Waals surface area contributed by atoms with Gasteiger partial charge in [0.25, 0.3) is 0 Å². The fourth-order valence-corrected chi connectivity index (χ4v) is 5.56. The van der Waals surface area contributed by atoms with E-state index >= 15 is 0 Å². The molecule has 1 aliphatic rings. The van der Waals surface area contributed by atoms with Crippen LogP contribution in [0.15, 0.2) is 97.2 Å². The molecule has 0 saturated carbocycles. The van der Waals surface area contributed by atoms with Crippen LogP contribution in [-0.4, -0.2) is 58.2 Å². The van der Waals surface area contributed by atoms with Crippen LogP contribution in [0.25, 0.3) is 11.1 Å². The van der Waals surface area contributed by atoms with Gasteiger partial charge in [-0.15, -0.1) is 0 Å². The lowest BCUT2D eigenvalue weighted by Gasteiger charge is -2.38. The van der Waals surface area contributed by atoms with Gasteiger partial charge in [0.1, 0.15) is 0 Å². The third-order valence-corrected chi connectivity index (χ3v) is 8.08. The summed E-state index contributed by atoms with van der Waals surface area (Å²) in [6.45, 7) is 1.89. The number of aliphatic carboxylic acids is 1. The number of likely N-dealkylation sites (N-methyl/N-ethyl adjacent to an activating group) is 1. The number of aromatic nitrogens is 1. The van der Waals surface area contributed by atoms with E-state index in [1.807, 2.05) is 91.1 Å². The van der Waals surface area contributed by atoms with Gasteiger partial charge in [-0.2, -0.15) is 0 Å². The molecule has 0 aliphatic carbocycles. The number of carbonyl (C=O) groups excluding carboxylic acids is 1. The summed E-state index contributed by atoms with van der Waals surface area (Å²) in [7, 11) is 2.10. The number of aliphatic hydroxyl groups is 1. The molecule has 3 atom stereocenters. The normalized spacial score (nSPS) is 17.9. The Morgan fingerprint density at radius 3 is 2.41 bits per heavy atom. The highest BCUT2D eigenvalue weighted by Gasteiger charge is 2.33. The van der Waals surface area contributed by atoms with Crippen LogP contribution in [-0.2, 0) is 38.6 Å². The van der Waals surface area contributed by atoms with Gasteiger partial charge in [-0.25, -0.2) is 0 Å². The molecule has 46 heavy (non-hydrogen) atoms. The van der Waals surface area contributed by atoms with Crippen LogP contribution < -0.4 is 5.32 Å². The Labute approximate surface area is 269 Å². The summed E-state index contributed by atoms with van der Waals surface area (Å²) in [6.07, 6.45) is 2.28. The molecule has 1 saturated heterocycles. The van der Waals surface area contributed by atoms with Crippen molar-refractivity contribution in [3.05, 3.63) is 125 Å². The Morgan fingerprint density at radius 1 is 0.891 bits per heavy atom. The van der Waals surface area contributed by atoms with Crippen molar-refractivity contribution in [3.63, 3.8) is 0 Å². The summed E-state index contributed by atoms with van der Waals surface area (Å²) in [4.78, 5) is 29.5. The summed E-state index contributed by atoms with van der Waals surface area (Å²) < 4.78 is 13.2. The lowest BCUT2D eigenvalue weighted by Crippen LogP contribution is -2.38. The molecule has 1 aromatic heterocycles. The number of pyridine rings is 1. The van der Waals surface area contributed by atoms with Crippen LogP contribution in [0.2, 0.25) is 0 Å². The molecule has 3 aromatic carbocycles. The molecular weight excluding hydrogens is 582 g/mol. The Balaban J connectivity index is 1.30. The second kappa shape index (κ2) is 16.2. The number of nitrogens with one attached hydrogen (secondary N) is 1. The highest BCUT2D eigenvalue weighted by molar-refractivity contribution is 5.80. The predicted octanol–water partition coefficient (Wildman–Crippen LogP) is 5.44. The van der Waals surface area contributed by atoms with E-state index in [0.29, 0.717) is 13.0 Å². The van der Waals surface area contributed by atoms with Gasteiger partial charge in [-0.05, 0) is 59.1 Å². The second-order valence-corrected chi connectivity index (χ2v) is 11.7. The molecule has 0 unspecified atom stereocenters. The minimum absolute atomic E-state index is 0.00762. The Kier molecular flexibility index (Phi) is 11.6. The van der Waals surface area contributed by atoms with Crippen molar-refractivity contribution in [1.82, 2.24) is 15.2 Å².